The number of nitrogens with zero attached hydrogens (tertiary/aromatic N) is 4. The van der Waals surface area contributed by atoms with Crippen LogP contribution in [0.1, 0.15) is 0 Å². The van der Waals surface area contributed by atoms with Crippen LogP contribution in [0.15, 0.2) is 42.6 Å². The molecule has 7 nitrogen and oxygen atoms in total. The molecule has 4 rings (SSSR count). The fourth-order valence-electron chi connectivity index (χ4n) is 3.19. The molecule has 1 aromatic heterocycles. The third-order valence-corrected chi connectivity index (χ3v) is 5.20. The zero-order chi connectivity index (χ0) is 20.9. The number of hydrogen-bond acceptors (Lipinski definition) is 7. The van der Waals surface area contributed by atoms with Gasteiger partial charge in [-0.1, -0.05) is 0 Å². The Labute approximate surface area is 179 Å². The topological polar surface area (TPSA) is 60.0 Å². The van der Waals surface area contributed by atoms with Crippen molar-refractivity contribution in [3.63, 3.8) is 0 Å². The van der Waals surface area contributed by atoms with Gasteiger partial charge in [-0.15, -0.1) is 0 Å². The minimum Gasteiger partial charge on any atom is -0.493 e. The molecule has 0 atom stereocenters. The first-order valence-corrected chi connectivity index (χ1v) is 9.97. The number of ether oxygens (including phenoxy) is 3. The summed E-state index contributed by atoms with van der Waals surface area (Å²) in [5.41, 5.74) is 1.22. The Bertz CT molecular complexity index is 999. The van der Waals surface area contributed by atoms with Crippen LogP contribution in [0.4, 0.5) is 16.0 Å². The summed E-state index contributed by atoms with van der Waals surface area (Å²) in [6.45, 7) is 4.71. The summed E-state index contributed by atoms with van der Waals surface area (Å²) < 4.78 is 31.2. The van der Waals surface area contributed by atoms with Gasteiger partial charge in [0.05, 0.1) is 31.5 Å². The predicted octanol–water partition coefficient (Wildman–Crippen LogP) is 3.78. The molecule has 2 aromatic carbocycles. The van der Waals surface area contributed by atoms with E-state index < -0.39 is 0 Å². The van der Waals surface area contributed by atoms with E-state index in [-0.39, 0.29) is 11.8 Å². The van der Waals surface area contributed by atoms with Gasteiger partial charge in [0.25, 0.3) is 0 Å². The molecule has 0 N–H and O–H groups in total. The molecule has 1 aliphatic rings. The second-order valence-corrected chi connectivity index (χ2v) is 7.13. The SMILES string of the molecule is COc1cc2nc(N(Cl)c3ccc(F)cc3)ncc2cc1OCCN1CCOCC1. The molecule has 0 amide bonds. The quantitative estimate of drug-likeness (QED) is 0.526. The molecule has 1 fully saturated rings. The number of rotatable bonds is 7. The molecule has 158 valence electrons. The Balaban J connectivity index is 1.51. The lowest BCUT2D eigenvalue weighted by atomic mass is 10.2. The average molecular weight is 433 g/mol. The second kappa shape index (κ2) is 9.42. The lowest BCUT2D eigenvalue weighted by Gasteiger charge is -2.26. The Morgan fingerprint density at radius 1 is 1.17 bits per heavy atom. The number of hydrogen-bond donors (Lipinski definition) is 0. The first-order chi connectivity index (χ1) is 14.6. The van der Waals surface area contributed by atoms with Crippen molar-refractivity contribution in [1.82, 2.24) is 14.9 Å². The predicted molar refractivity (Wildman–Crippen MR) is 113 cm³/mol. The zero-order valence-electron chi connectivity index (χ0n) is 16.6. The van der Waals surface area contributed by atoms with E-state index in [0.29, 0.717) is 29.3 Å². The largest absolute Gasteiger partial charge is 0.493 e. The molecule has 0 aliphatic carbocycles. The number of morpholine rings is 1. The van der Waals surface area contributed by atoms with Gasteiger partial charge in [0.1, 0.15) is 12.4 Å². The van der Waals surface area contributed by atoms with Crippen LogP contribution in [-0.2, 0) is 4.74 Å². The highest BCUT2D eigenvalue weighted by Gasteiger charge is 2.15. The van der Waals surface area contributed by atoms with E-state index in [1.807, 2.05) is 6.07 Å². The van der Waals surface area contributed by atoms with Crippen LogP contribution in [0.25, 0.3) is 10.9 Å². The molecule has 1 saturated heterocycles. The van der Waals surface area contributed by atoms with Crippen molar-refractivity contribution in [2.45, 2.75) is 0 Å². The van der Waals surface area contributed by atoms with Gasteiger partial charge in [-0.2, -0.15) is 0 Å². The molecule has 0 spiro atoms. The third kappa shape index (κ3) is 4.72. The van der Waals surface area contributed by atoms with E-state index in [2.05, 4.69) is 14.9 Å². The number of methoxy groups -OCH3 is 1. The molecule has 9 heteroatoms. The van der Waals surface area contributed by atoms with Crippen LogP contribution in [-0.4, -0.2) is 61.4 Å². The van der Waals surface area contributed by atoms with Gasteiger partial charge < -0.3 is 14.2 Å². The third-order valence-electron chi connectivity index (χ3n) is 4.85. The van der Waals surface area contributed by atoms with Crippen molar-refractivity contribution in [3.8, 4) is 11.5 Å². The number of fused-ring (bicyclic) bond motifs is 1. The minimum absolute atomic E-state index is 0.277. The average Bonchev–Trinajstić information content (AvgIpc) is 2.79. The van der Waals surface area contributed by atoms with Crippen LogP contribution in [0.2, 0.25) is 0 Å². The van der Waals surface area contributed by atoms with Crippen molar-refractivity contribution in [3.05, 3.63) is 48.4 Å². The van der Waals surface area contributed by atoms with E-state index in [1.54, 1.807) is 31.5 Å². The first-order valence-electron chi connectivity index (χ1n) is 9.63. The molecule has 30 heavy (non-hydrogen) atoms. The standard InChI is InChI=1S/C21H22ClFN4O3/c1-28-19-13-18-15(12-20(19)30-11-8-26-6-9-29-10-7-26)14-24-21(25-18)27(22)17-4-2-16(23)3-5-17/h2-5,12-14H,6-11H2,1H3. The van der Waals surface area contributed by atoms with Gasteiger partial charge in [0.15, 0.2) is 11.5 Å². The molecule has 1 aliphatic heterocycles. The summed E-state index contributed by atoms with van der Waals surface area (Å²) >= 11 is 6.35. The van der Waals surface area contributed by atoms with Gasteiger partial charge >= 0.3 is 0 Å². The number of benzene rings is 2. The first kappa shape index (κ1) is 20.6. The number of halogens is 2. The van der Waals surface area contributed by atoms with Crippen LogP contribution < -0.4 is 13.9 Å². The number of aromatic nitrogens is 2. The smallest absolute Gasteiger partial charge is 0.245 e. The van der Waals surface area contributed by atoms with E-state index >= 15 is 0 Å². The molecule has 0 bridgehead atoms. The maximum absolute atomic E-state index is 13.1. The summed E-state index contributed by atoms with van der Waals surface area (Å²) in [5, 5.41) is 0.796. The lowest BCUT2D eigenvalue weighted by Crippen LogP contribution is -2.38. The van der Waals surface area contributed by atoms with E-state index in [0.717, 1.165) is 38.2 Å². The molecule has 0 unspecified atom stereocenters. The summed E-state index contributed by atoms with van der Waals surface area (Å²) in [6, 6.07) is 9.42. The Morgan fingerprint density at radius 3 is 2.67 bits per heavy atom. The van der Waals surface area contributed by atoms with Crippen LogP contribution >= 0.6 is 11.8 Å². The second-order valence-electron chi connectivity index (χ2n) is 6.79. The molecule has 0 radical (unpaired) electrons. The summed E-state index contributed by atoms with van der Waals surface area (Å²) in [6.07, 6.45) is 1.67. The van der Waals surface area contributed by atoms with Crippen molar-refractivity contribution in [2.75, 3.05) is 51.0 Å². The summed E-state index contributed by atoms with van der Waals surface area (Å²) in [5.74, 6) is 1.15. The highest BCUT2D eigenvalue weighted by Crippen LogP contribution is 2.33. The molecular weight excluding hydrogens is 411 g/mol. The molecular formula is C21H22ClFN4O3. The fourth-order valence-corrected chi connectivity index (χ4v) is 3.39. The van der Waals surface area contributed by atoms with Crippen molar-refractivity contribution in [1.29, 1.82) is 0 Å². The van der Waals surface area contributed by atoms with Crippen LogP contribution in [0.5, 0.6) is 11.5 Å². The molecule has 2 heterocycles. The molecule has 3 aromatic rings. The summed E-state index contributed by atoms with van der Waals surface area (Å²) in [7, 11) is 1.59. The van der Waals surface area contributed by atoms with Crippen LogP contribution in [0.3, 0.4) is 0 Å². The lowest BCUT2D eigenvalue weighted by molar-refractivity contribution is 0.0321. The van der Waals surface area contributed by atoms with Gasteiger partial charge in [0.2, 0.25) is 5.95 Å². The van der Waals surface area contributed by atoms with Crippen molar-refractivity contribution >= 4 is 34.3 Å². The van der Waals surface area contributed by atoms with E-state index in [1.165, 1.54) is 16.6 Å². The van der Waals surface area contributed by atoms with Crippen LogP contribution in [0, 0.1) is 5.82 Å². The number of anilines is 2. The van der Waals surface area contributed by atoms with E-state index in [4.69, 9.17) is 26.0 Å². The van der Waals surface area contributed by atoms with Gasteiger partial charge in [-0.05, 0) is 30.3 Å². The Morgan fingerprint density at radius 2 is 1.93 bits per heavy atom. The van der Waals surface area contributed by atoms with Gasteiger partial charge in [0, 0.05) is 49.1 Å². The highest BCUT2D eigenvalue weighted by molar-refractivity contribution is 6.28. The van der Waals surface area contributed by atoms with Crippen molar-refractivity contribution < 1.29 is 18.6 Å². The minimum atomic E-state index is -0.339. The maximum atomic E-state index is 13.1. The highest BCUT2D eigenvalue weighted by atomic mass is 35.5. The fraction of sp³-hybridized carbons (Fsp3) is 0.333. The van der Waals surface area contributed by atoms with Crippen molar-refractivity contribution in [2.24, 2.45) is 0 Å². The summed E-state index contributed by atoms with van der Waals surface area (Å²) in [4.78, 5) is 11.1. The zero-order valence-corrected chi connectivity index (χ0v) is 17.3. The Kier molecular flexibility index (Phi) is 6.47. The Hall–Kier alpha value is -2.68. The van der Waals surface area contributed by atoms with E-state index in [9.17, 15) is 4.39 Å². The normalized spacial score (nSPS) is 14.6. The van der Waals surface area contributed by atoms with Gasteiger partial charge in [-0.25, -0.2) is 18.8 Å². The van der Waals surface area contributed by atoms with Gasteiger partial charge in [-0.3, -0.25) is 4.90 Å². The molecule has 0 saturated carbocycles. The monoisotopic (exact) mass is 432 g/mol. The maximum Gasteiger partial charge on any atom is 0.245 e.